The molecule has 0 saturated carbocycles. The van der Waals surface area contributed by atoms with Crippen LogP contribution in [-0.2, 0) is 14.3 Å². The minimum atomic E-state index is -7.78. The topological polar surface area (TPSA) is 43.4 Å². The first-order valence-corrected chi connectivity index (χ1v) is 5.60. The summed E-state index contributed by atoms with van der Waals surface area (Å²) in [6, 6.07) is 0. The van der Waals surface area contributed by atoms with Gasteiger partial charge in [-0.05, 0) is 0 Å². The van der Waals surface area contributed by atoms with Gasteiger partial charge in [-0.15, -0.1) is 0 Å². The lowest BCUT2D eigenvalue weighted by atomic mass is 10.0. The van der Waals surface area contributed by atoms with E-state index < -0.39 is 39.3 Å². The van der Waals surface area contributed by atoms with Crippen molar-refractivity contribution < 1.29 is 60.9 Å². The number of halogens is 11. The van der Waals surface area contributed by atoms with E-state index in [0.29, 0.717) is 0 Å². The van der Waals surface area contributed by atoms with E-state index in [0.717, 1.165) is 0 Å². The fourth-order valence-corrected chi connectivity index (χ4v) is 1.47. The van der Waals surface area contributed by atoms with Gasteiger partial charge in [0.25, 0.3) is 0 Å². The molecule has 21 heavy (non-hydrogen) atoms. The van der Waals surface area contributed by atoms with Crippen LogP contribution in [0.25, 0.3) is 0 Å². The van der Waals surface area contributed by atoms with Crippen molar-refractivity contribution >= 4 is 10.1 Å². The molecule has 0 rings (SSSR count). The summed E-state index contributed by atoms with van der Waals surface area (Å²) in [6.07, 6.45) is -7.35. The summed E-state index contributed by atoms with van der Waals surface area (Å²) in [5.41, 5.74) is 0. The molecular weight excluding hydrogens is 361 g/mol. The normalized spacial score (nSPS) is 16.2. The average molecular weight is 364 g/mol. The van der Waals surface area contributed by atoms with Crippen molar-refractivity contribution in [3.8, 4) is 0 Å². The van der Waals surface area contributed by atoms with Gasteiger partial charge in [-0.2, -0.15) is 56.7 Å². The predicted molar refractivity (Wildman–Crippen MR) is 41.8 cm³/mol. The van der Waals surface area contributed by atoms with Gasteiger partial charge in [-0.3, -0.25) is 4.18 Å². The van der Waals surface area contributed by atoms with Crippen LogP contribution < -0.4 is 0 Å². The average Bonchev–Trinajstić information content (AvgIpc) is 2.26. The minimum Gasteiger partial charge on any atom is -0.269 e. The first-order chi connectivity index (χ1) is 8.81. The molecular formula is C6H3F11O3S. The second-order valence-electron chi connectivity index (χ2n) is 3.36. The molecule has 0 amide bonds. The van der Waals surface area contributed by atoms with Crippen LogP contribution in [0.3, 0.4) is 0 Å². The van der Waals surface area contributed by atoms with Crippen molar-refractivity contribution in [1.29, 1.82) is 0 Å². The van der Waals surface area contributed by atoms with Crippen LogP contribution in [0.1, 0.15) is 0 Å². The zero-order valence-electron chi connectivity index (χ0n) is 9.29. The van der Waals surface area contributed by atoms with Crippen LogP contribution >= 0.6 is 0 Å². The summed E-state index contributed by atoms with van der Waals surface area (Å²) < 4.78 is 159. The van der Waals surface area contributed by atoms with Crippen molar-refractivity contribution in [2.45, 2.75) is 29.2 Å². The first-order valence-electron chi connectivity index (χ1n) is 4.19. The number of hydrogen-bond acceptors (Lipinski definition) is 3. The fourth-order valence-electron chi connectivity index (χ4n) is 0.820. The Hall–Kier alpha value is -0.860. The lowest BCUT2D eigenvalue weighted by Crippen LogP contribution is -2.68. The standard InChI is InChI=1S/C6H3F11O3S/c1-20-21(18,19)6(16,17)4(11,12)2(7,8)3(9,10)5(13,14)15/h1H3. The molecule has 0 spiro atoms. The van der Waals surface area contributed by atoms with Crippen LogP contribution in [0.15, 0.2) is 0 Å². The third-order valence-corrected chi connectivity index (χ3v) is 3.37. The molecule has 0 fully saturated rings. The quantitative estimate of drug-likeness (QED) is 0.557. The number of alkyl halides is 11. The van der Waals surface area contributed by atoms with Gasteiger partial charge in [0.05, 0.1) is 7.11 Å². The maximum Gasteiger partial charge on any atom is 0.460 e. The van der Waals surface area contributed by atoms with E-state index in [-0.39, 0.29) is 7.11 Å². The zero-order valence-corrected chi connectivity index (χ0v) is 10.1. The van der Waals surface area contributed by atoms with Crippen LogP contribution in [0.5, 0.6) is 0 Å². The largest absolute Gasteiger partial charge is 0.460 e. The zero-order chi connectivity index (χ0) is 17.7. The van der Waals surface area contributed by atoms with E-state index >= 15 is 0 Å². The van der Waals surface area contributed by atoms with Gasteiger partial charge in [0.2, 0.25) is 0 Å². The van der Waals surface area contributed by atoms with Crippen molar-refractivity contribution in [3.63, 3.8) is 0 Å². The molecule has 15 heteroatoms. The fraction of sp³-hybridized carbons (Fsp3) is 1.00. The Bertz CT molecular complexity index is 491. The highest BCUT2D eigenvalue weighted by Crippen LogP contribution is 2.58. The van der Waals surface area contributed by atoms with Gasteiger partial charge < -0.3 is 0 Å². The minimum absolute atomic E-state index is 0.223. The highest BCUT2D eigenvalue weighted by atomic mass is 32.2. The molecule has 0 aromatic rings. The monoisotopic (exact) mass is 364 g/mol. The van der Waals surface area contributed by atoms with Crippen LogP contribution in [0.4, 0.5) is 48.3 Å². The third-order valence-electron chi connectivity index (χ3n) is 2.04. The molecule has 0 saturated heterocycles. The van der Waals surface area contributed by atoms with E-state index in [9.17, 15) is 56.7 Å². The Balaban J connectivity index is 6.27. The van der Waals surface area contributed by atoms with Crippen molar-refractivity contribution in [3.05, 3.63) is 0 Å². The molecule has 0 heterocycles. The summed E-state index contributed by atoms with van der Waals surface area (Å²) in [4.78, 5) is 0. The maximum atomic E-state index is 12.8. The number of hydrogen-bond donors (Lipinski definition) is 0. The van der Waals surface area contributed by atoms with Gasteiger partial charge in [0, 0.05) is 0 Å². The van der Waals surface area contributed by atoms with Gasteiger partial charge in [0.1, 0.15) is 0 Å². The van der Waals surface area contributed by atoms with E-state index in [4.69, 9.17) is 0 Å². The summed E-state index contributed by atoms with van der Waals surface area (Å²) in [7, 11) is -7.13. The van der Waals surface area contributed by atoms with Crippen molar-refractivity contribution in [2.24, 2.45) is 0 Å². The van der Waals surface area contributed by atoms with Gasteiger partial charge in [-0.25, -0.2) is 0 Å². The molecule has 0 aliphatic heterocycles. The van der Waals surface area contributed by atoms with Crippen LogP contribution in [0, 0.1) is 0 Å². The third kappa shape index (κ3) is 2.53. The molecule has 128 valence electrons. The summed E-state index contributed by atoms with van der Waals surface area (Å²) in [5.74, 6) is -23.1. The molecule has 3 nitrogen and oxygen atoms in total. The van der Waals surface area contributed by atoms with E-state index in [1.54, 1.807) is 0 Å². The molecule has 0 aliphatic carbocycles. The summed E-state index contributed by atoms with van der Waals surface area (Å²) in [6.45, 7) is 0. The SMILES string of the molecule is COS(=O)(=O)C(F)(F)C(F)(F)C(F)(F)C(F)(F)C(F)(F)F. The molecule has 0 radical (unpaired) electrons. The number of rotatable bonds is 5. The van der Waals surface area contributed by atoms with Crippen molar-refractivity contribution in [2.75, 3.05) is 7.11 Å². The highest BCUT2D eigenvalue weighted by molar-refractivity contribution is 7.87. The maximum absolute atomic E-state index is 12.8. The first kappa shape index (κ1) is 20.1. The summed E-state index contributed by atoms with van der Waals surface area (Å²) >= 11 is 0. The smallest absolute Gasteiger partial charge is 0.269 e. The Kier molecular flexibility index (Phi) is 4.62. The lowest BCUT2D eigenvalue weighted by Gasteiger charge is -2.36. The van der Waals surface area contributed by atoms with Gasteiger partial charge in [-0.1, -0.05) is 0 Å². The second-order valence-corrected chi connectivity index (χ2v) is 5.11. The Morgan fingerprint density at radius 3 is 1.24 bits per heavy atom. The van der Waals surface area contributed by atoms with E-state index in [1.807, 2.05) is 0 Å². The predicted octanol–water partition coefficient (Wildman–Crippen LogP) is 3.02. The molecule has 0 N–H and O–H groups in total. The van der Waals surface area contributed by atoms with Gasteiger partial charge >= 0.3 is 39.3 Å². The molecule has 0 unspecified atom stereocenters. The molecule has 0 aromatic heterocycles. The Morgan fingerprint density at radius 1 is 0.667 bits per heavy atom. The molecule has 0 aliphatic rings. The Morgan fingerprint density at radius 2 is 1.00 bits per heavy atom. The van der Waals surface area contributed by atoms with Crippen LogP contribution in [-0.4, -0.2) is 44.7 Å². The van der Waals surface area contributed by atoms with Gasteiger partial charge in [0.15, 0.2) is 0 Å². The highest BCUT2D eigenvalue weighted by Gasteiger charge is 2.89. The molecule has 0 aromatic carbocycles. The lowest BCUT2D eigenvalue weighted by molar-refractivity contribution is -0.413. The Labute approximate surface area is 108 Å². The molecule has 0 atom stereocenters. The molecule has 0 bridgehead atoms. The summed E-state index contributed by atoms with van der Waals surface area (Å²) in [5, 5.41) is -7.06. The van der Waals surface area contributed by atoms with Crippen LogP contribution in [0.2, 0.25) is 0 Å². The second kappa shape index (κ2) is 4.82. The van der Waals surface area contributed by atoms with E-state index in [2.05, 4.69) is 4.18 Å². The van der Waals surface area contributed by atoms with Crippen molar-refractivity contribution in [1.82, 2.24) is 0 Å². The van der Waals surface area contributed by atoms with E-state index in [1.165, 1.54) is 0 Å².